The van der Waals surface area contributed by atoms with E-state index in [-0.39, 0.29) is 12.4 Å². The number of nitrogen functional groups attached to an aromatic ring is 1. The molecule has 0 radical (unpaired) electrons. The Bertz CT molecular complexity index is 1110. The highest BCUT2D eigenvalue weighted by Crippen LogP contribution is 2.32. The molecule has 1 aromatic carbocycles. The third-order valence-electron chi connectivity index (χ3n) is 5.33. The van der Waals surface area contributed by atoms with Crippen molar-refractivity contribution in [1.82, 2.24) is 19.5 Å². The van der Waals surface area contributed by atoms with Crippen LogP contribution in [0, 0.1) is 0 Å². The normalized spacial score (nSPS) is 23.9. The van der Waals surface area contributed by atoms with Gasteiger partial charge >= 0.3 is 5.97 Å². The van der Waals surface area contributed by atoms with E-state index in [0.29, 0.717) is 16.7 Å². The summed E-state index contributed by atoms with van der Waals surface area (Å²) in [6.07, 6.45) is -1.72. The minimum Gasteiger partial charge on any atom is -0.459 e. The lowest BCUT2D eigenvalue weighted by Gasteiger charge is -2.21. The maximum Gasteiger partial charge on any atom is 0.338 e. The zero-order valence-electron chi connectivity index (χ0n) is 17.5. The molecule has 3 aromatic rings. The number of carbonyl (C=O) groups excluding carboxylic acids is 1. The Kier molecular flexibility index (Phi) is 5.52. The zero-order valence-corrected chi connectivity index (χ0v) is 18.5. The molecule has 1 aliphatic heterocycles. The first-order valence-corrected chi connectivity index (χ1v) is 13.4. The van der Waals surface area contributed by atoms with Crippen molar-refractivity contribution in [1.29, 1.82) is 0 Å². The molecule has 1 saturated heterocycles. The van der Waals surface area contributed by atoms with Gasteiger partial charge in [0.05, 0.1) is 20.0 Å². The third kappa shape index (κ3) is 3.92. The number of nitrogens with two attached hydrogens (primary N) is 1. The number of aliphatic hydroxyl groups excluding tert-OH is 2. The molecule has 31 heavy (non-hydrogen) atoms. The van der Waals surface area contributed by atoms with Gasteiger partial charge < -0.3 is 25.4 Å². The topological polar surface area (TPSA) is 146 Å². The van der Waals surface area contributed by atoms with Crippen molar-refractivity contribution >= 4 is 36.2 Å². The van der Waals surface area contributed by atoms with E-state index < -0.39 is 38.6 Å². The number of fused-ring (bicyclic) bond motifs is 1. The van der Waals surface area contributed by atoms with Crippen LogP contribution in [0.5, 0.6) is 0 Å². The molecular formula is C20H25N5O5Si. The lowest BCUT2D eigenvalue weighted by Crippen LogP contribution is -2.42. The van der Waals surface area contributed by atoms with Crippen LogP contribution in [0.25, 0.3) is 11.2 Å². The number of hydrogen-bond donors (Lipinski definition) is 3. The number of esters is 1. The number of aliphatic hydroxyl groups is 2. The number of imidazole rings is 1. The standard InChI is InChI=1S/C20H25N5O5Si/c1-31(2,3)13-7-5-4-6-11(13)20(28)29-8-12-15(26)16(27)19(30-12)25-10-24-14-17(21)22-9-23-18(14)25/h4-7,9-10,12,15-16,19,26-27H,8H2,1-3H3,(H2,21,22,23)/t12-,15-,16-,19-/m1/s1. The predicted molar refractivity (Wildman–Crippen MR) is 115 cm³/mol. The minimum atomic E-state index is -1.76. The van der Waals surface area contributed by atoms with Gasteiger partial charge in [-0.15, -0.1) is 0 Å². The molecule has 0 aliphatic carbocycles. The van der Waals surface area contributed by atoms with Crippen LogP contribution in [0.15, 0.2) is 36.9 Å². The first-order chi connectivity index (χ1) is 14.7. The summed E-state index contributed by atoms with van der Waals surface area (Å²) in [6, 6.07) is 7.38. The van der Waals surface area contributed by atoms with Crippen LogP contribution in [0.3, 0.4) is 0 Å². The van der Waals surface area contributed by atoms with Crippen LogP contribution in [-0.2, 0) is 9.47 Å². The van der Waals surface area contributed by atoms with Gasteiger partial charge in [-0.2, -0.15) is 0 Å². The van der Waals surface area contributed by atoms with Gasteiger partial charge in [0, 0.05) is 0 Å². The molecule has 1 fully saturated rings. The molecule has 4 rings (SSSR count). The highest BCUT2D eigenvalue weighted by Gasteiger charge is 2.45. The van der Waals surface area contributed by atoms with Crippen molar-refractivity contribution in [2.75, 3.05) is 12.3 Å². The molecule has 1 aliphatic rings. The van der Waals surface area contributed by atoms with Gasteiger partial charge in [-0.25, -0.2) is 19.7 Å². The van der Waals surface area contributed by atoms with Gasteiger partial charge in [-0.1, -0.05) is 37.8 Å². The smallest absolute Gasteiger partial charge is 0.338 e. The molecule has 0 bridgehead atoms. The number of aromatic nitrogens is 4. The summed E-state index contributed by atoms with van der Waals surface area (Å²) in [7, 11) is -1.76. The second-order valence-corrected chi connectivity index (χ2v) is 13.6. The average Bonchev–Trinajstić information content (AvgIpc) is 3.28. The summed E-state index contributed by atoms with van der Waals surface area (Å²) >= 11 is 0. The first kappa shape index (κ1) is 21.4. The van der Waals surface area contributed by atoms with Crippen molar-refractivity contribution < 1.29 is 24.5 Å². The SMILES string of the molecule is C[Si](C)(C)c1ccccc1C(=O)OC[C@H]1O[C@@H](n2cnc3c(N)ncnc32)[C@H](O)[C@@H]1O. The van der Waals surface area contributed by atoms with E-state index in [1.807, 2.05) is 12.1 Å². The van der Waals surface area contributed by atoms with Crippen LogP contribution in [0.1, 0.15) is 16.6 Å². The Morgan fingerprint density at radius 1 is 1.19 bits per heavy atom. The van der Waals surface area contributed by atoms with Gasteiger partial charge in [-0.3, -0.25) is 4.57 Å². The molecule has 0 spiro atoms. The molecule has 0 saturated carbocycles. The van der Waals surface area contributed by atoms with Crippen molar-refractivity contribution in [3.05, 3.63) is 42.5 Å². The van der Waals surface area contributed by atoms with E-state index in [2.05, 4.69) is 34.6 Å². The number of ether oxygens (including phenoxy) is 2. The fourth-order valence-corrected chi connectivity index (χ4v) is 5.29. The van der Waals surface area contributed by atoms with Gasteiger partial charge in [-0.05, 0) is 11.3 Å². The Morgan fingerprint density at radius 3 is 2.68 bits per heavy atom. The van der Waals surface area contributed by atoms with E-state index in [1.54, 1.807) is 12.1 Å². The van der Waals surface area contributed by atoms with E-state index in [0.717, 1.165) is 5.19 Å². The van der Waals surface area contributed by atoms with Gasteiger partial charge in [0.25, 0.3) is 0 Å². The second-order valence-electron chi connectivity index (χ2n) is 8.52. The molecule has 0 amide bonds. The van der Waals surface area contributed by atoms with Crippen LogP contribution in [-0.4, -0.2) is 68.7 Å². The van der Waals surface area contributed by atoms with Crippen LogP contribution >= 0.6 is 0 Å². The maximum atomic E-state index is 12.7. The number of hydrogen-bond acceptors (Lipinski definition) is 9. The average molecular weight is 444 g/mol. The summed E-state index contributed by atoms with van der Waals surface area (Å²) < 4.78 is 12.7. The molecule has 11 heteroatoms. The minimum absolute atomic E-state index is 0.198. The number of anilines is 1. The molecule has 4 atom stereocenters. The Balaban J connectivity index is 1.50. The molecular weight excluding hydrogens is 418 g/mol. The monoisotopic (exact) mass is 443 g/mol. The second kappa shape index (κ2) is 8.00. The summed E-state index contributed by atoms with van der Waals surface area (Å²) in [6.45, 7) is 6.23. The van der Waals surface area contributed by atoms with Crippen LogP contribution in [0.2, 0.25) is 19.6 Å². The van der Waals surface area contributed by atoms with E-state index >= 15 is 0 Å². The molecule has 0 unspecified atom stereocenters. The Morgan fingerprint density at radius 2 is 1.94 bits per heavy atom. The predicted octanol–water partition coefficient (Wildman–Crippen LogP) is 0.430. The molecule has 164 valence electrons. The summed E-state index contributed by atoms with van der Waals surface area (Å²) in [5.41, 5.74) is 7.05. The van der Waals surface area contributed by atoms with Crippen LogP contribution in [0.4, 0.5) is 5.82 Å². The van der Waals surface area contributed by atoms with Gasteiger partial charge in [0.15, 0.2) is 17.7 Å². The number of rotatable bonds is 5. The first-order valence-electron chi connectivity index (χ1n) is 9.89. The summed E-state index contributed by atoms with van der Waals surface area (Å²) in [5, 5.41) is 22.0. The molecule has 4 N–H and O–H groups in total. The lowest BCUT2D eigenvalue weighted by molar-refractivity contribution is -0.0565. The third-order valence-corrected chi connectivity index (χ3v) is 7.38. The van der Waals surface area contributed by atoms with E-state index in [9.17, 15) is 15.0 Å². The van der Waals surface area contributed by atoms with Crippen molar-refractivity contribution in [3.63, 3.8) is 0 Å². The van der Waals surface area contributed by atoms with Crippen molar-refractivity contribution in [3.8, 4) is 0 Å². The zero-order chi connectivity index (χ0) is 22.3. The molecule has 3 heterocycles. The fraction of sp³-hybridized carbons (Fsp3) is 0.400. The number of nitrogens with zero attached hydrogens (tertiary/aromatic N) is 4. The number of benzene rings is 1. The summed E-state index contributed by atoms with van der Waals surface area (Å²) in [4.78, 5) is 24.9. The van der Waals surface area contributed by atoms with E-state index in [1.165, 1.54) is 17.2 Å². The van der Waals surface area contributed by atoms with Gasteiger partial charge in [0.1, 0.15) is 36.8 Å². The Hall–Kier alpha value is -2.86. The van der Waals surface area contributed by atoms with Gasteiger partial charge in [0.2, 0.25) is 0 Å². The molecule has 10 nitrogen and oxygen atoms in total. The van der Waals surface area contributed by atoms with Crippen LogP contribution < -0.4 is 10.9 Å². The highest BCUT2D eigenvalue weighted by molar-refractivity contribution is 6.89. The number of carbonyl (C=O) groups is 1. The fourth-order valence-electron chi connectivity index (χ4n) is 3.70. The van der Waals surface area contributed by atoms with Crippen molar-refractivity contribution in [2.45, 2.75) is 44.2 Å². The Labute approximate surface area is 179 Å². The molecule has 2 aromatic heterocycles. The van der Waals surface area contributed by atoms with E-state index in [4.69, 9.17) is 15.2 Å². The summed E-state index contributed by atoms with van der Waals surface area (Å²) in [5.74, 6) is -0.288. The lowest BCUT2D eigenvalue weighted by atomic mass is 10.1. The largest absolute Gasteiger partial charge is 0.459 e. The quantitative estimate of drug-likeness (QED) is 0.377. The maximum absolute atomic E-state index is 12.7. The van der Waals surface area contributed by atoms with Crippen molar-refractivity contribution in [2.24, 2.45) is 0 Å². The highest BCUT2D eigenvalue weighted by atomic mass is 28.3.